The molecule has 1 aliphatic rings. The van der Waals surface area contributed by atoms with E-state index in [-0.39, 0.29) is 23.7 Å². The highest BCUT2D eigenvalue weighted by Crippen LogP contribution is 2.34. The van der Waals surface area contributed by atoms with Crippen LogP contribution in [-0.2, 0) is 23.1 Å². The molecule has 1 aliphatic heterocycles. The SMILES string of the molecule is O=[N+]([O-])c1ccc(CN(Cc2ccccc2Cl)S(=O)(=O)c2ccc3c(c2)OCCO3)cc1. The summed E-state index contributed by atoms with van der Waals surface area (Å²) in [6.07, 6.45) is 0. The van der Waals surface area contributed by atoms with Crippen LogP contribution in [0.4, 0.5) is 5.69 Å². The maximum Gasteiger partial charge on any atom is 0.269 e. The molecule has 0 aromatic heterocycles. The molecule has 0 radical (unpaired) electrons. The Balaban J connectivity index is 1.70. The zero-order valence-electron chi connectivity index (χ0n) is 16.8. The van der Waals surface area contributed by atoms with Crippen molar-refractivity contribution in [2.45, 2.75) is 18.0 Å². The molecule has 0 unspecified atom stereocenters. The largest absolute Gasteiger partial charge is 0.486 e. The van der Waals surface area contributed by atoms with Gasteiger partial charge in [-0.2, -0.15) is 4.31 Å². The summed E-state index contributed by atoms with van der Waals surface area (Å²) in [5, 5.41) is 11.4. The lowest BCUT2D eigenvalue weighted by Gasteiger charge is -2.24. The lowest BCUT2D eigenvalue weighted by atomic mass is 10.2. The minimum absolute atomic E-state index is 0.00000724. The first-order valence-electron chi connectivity index (χ1n) is 9.71. The van der Waals surface area contributed by atoms with Crippen molar-refractivity contribution < 1.29 is 22.8 Å². The second-order valence-corrected chi connectivity index (χ2v) is 9.44. The Labute approximate surface area is 190 Å². The van der Waals surface area contributed by atoms with Gasteiger partial charge in [-0.15, -0.1) is 0 Å². The molecule has 0 spiro atoms. The minimum atomic E-state index is -3.97. The maximum atomic E-state index is 13.6. The summed E-state index contributed by atoms with van der Waals surface area (Å²) >= 11 is 6.28. The highest BCUT2D eigenvalue weighted by atomic mass is 35.5. The molecule has 0 N–H and O–H groups in total. The average Bonchev–Trinajstić information content (AvgIpc) is 2.80. The molecule has 0 atom stereocenters. The van der Waals surface area contributed by atoms with Gasteiger partial charge >= 0.3 is 0 Å². The molecule has 1 heterocycles. The van der Waals surface area contributed by atoms with Crippen molar-refractivity contribution in [3.63, 3.8) is 0 Å². The molecule has 0 aliphatic carbocycles. The number of sulfonamides is 1. The molecule has 0 amide bonds. The van der Waals surface area contributed by atoms with Crippen LogP contribution in [0.2, 0.25) is 5.02 Å². The predicted octanol–water partition coefficient (Wildman–Crippen LogP) is 4.41. The van der Waals surface area contributed by atoms with Crippen molar-refractivity contribution in [3.05, 3.63) is 93.0 Å². The Kier molecular flexibility index (Phi) is 6.31. The lowest BCUT2D eigenvalue weighted by molar-refractivity contribution is -0.384. The van der Waals surface area contributed by atoms with Crippen LogP contribution >= 0.6 is 11.6 Å². The van der Waals surface area contributed by atoms with E-state index in [1.165, 1.54) is 40.7 Å². The van der Waals surface area contributed by atoms with Gasteiger partial charge in [-0.25, -0.2) is 8.42 Å². The molecule has 3 aromatic carbocycles. The van der Waals surface area contributed by atoms with Gasteiger partial charge in [0.05, 0.1) is 9.82 Å². The molecule has 32 heavy (non-hydrogen) atoms. The third-order valence-corrected chi connectivity index (χ3v) is 7.12. The van der Waals surface area contributed by atoms with Crippen molar-refractivity contribution in [2.24, 2.45) is 0 Å². The summed E-state index contributed by atoms with van der Waals surface area (Å²) in [5.41, 5.74) is 1.17. The Bertz CT molecular complexity index is 1250. The lowest BCUT2D eigenvalue weighted by Crippen LogP contribution is -2.30. The number of hydrogen-bond donors (Lipinski definition) is 0. The van der Waals surface area contributed by atoms with Crippen LogP contribution in [0.25, 0.3) is 0 Å². The van der Waals surface area contributed by atoms with E-state index in [9.17, 15) is 18.5 Å². The molecule has 0 fully saturated rings. The van der Waals surface area contributed by atoms with E-state index in [1.807, 2.05) is 0 Å². The van der Waals surface area contributed by atoms with E-state index in [0.29, 0.717) is 40.9 Å². The van der Waals surface area contributed by atoms with Gasteiger partial charge in [-0.1, -0.05) is 41.9 Å². The van der Waals surface area contributed by atoms with E-state index in [4.69, 9.17) is 21.1 Å². The van der Waals surface area contributed by atoms with Gasteiger partial charge in [0.25, 0.3) is 5.69 Å². The van der Waals surface area contributed by atoms with Gasteiger partial charge in [0.2, 0.25) is 10.0 Å². The summed E-state index contributed by atoms with van der Waals surface area (Å²) in [6.45, 7) is 0.758. The van der Waals surface area contributed by atoms with Gasteiger partial charge in [0, 0.05) is 36.3 Å². The van der Waals surface area contributed by atoms with E-state index in [1.54, 1.807) is 30.3 Å². The fourth-order valence-electron chi connectivity index (χ4n) is 3.30. The van der Waals surface area contributed by atoms with Crippen molar-refractivity contribution in [1.82, 2.24) is 4.31 Å². The Hall–Kier alpha value is -3.14. The zero-order chi connectivity index (χ0) is 22.7. The van der Waals surface area contributed by atoms with E-state index in [0.717, 1.165) is 0 Å². The topological polar surface area (TPSA) is 99.0 Å². The molecule has 0 bridgehead atoms. The second-order valence-electron chi connectivity index (χ2n) is 7.09. The van der Waals surface area contributed by atoms with Gasteiger partial charge in [0.1, 0.15) is 13.2 Å². The van der Waals surface area contributed by atoms with Crippen molar-refractivity contribution in [3.8, 4) is 11.5 Å². The Morgan fingerprint density at radius 3 is 2.31 bits per heavy atom. The number of nitro benzene ring substituents is 1. The van der Waals surface area contributed by atoms with E-state index >= 15 is 0 Å². The number of hydrogen-bond acceptors (Lipinski definition) is 6. The van der Waals surface area contributed by atoms with Crippen LogP contribution < -0.4 is 9.47 Å². The fraction of sp³-hybridized carbons (Fsp3) is 0.182. The van der Waals surface area contributed by atoms with Crippen molar-refractivity contribution in [1.29, 1.82) is 0 Å². The second kappa shape index (κ2) is 9.15. The van der Waals surface area contributed by atoms with Gasteiger partial charge in [0.15, 0.2) is 11.5 Å². The summed E-state index contributed by atoms with van der Waals surface area (Å²) < 4.78 is 39.5. The first-order valence-corrected chi connectivity index (χ1v) is 11.5. The highest BCUT2D eigenvalue weighted by Gasteiger charge is 2.28. The smallest absolute Gasteiger partial charge is 0.269 e. The number of halogens is 1. The van der Waals surface area contributed by atoms with Gasteiger partial charge in [-0.3, -0.25) is 10.1 Å². The number of ether oxygens (including phenoxy) is 2. The van der Waals surface area contributed by atoms with Crippen LogP contribution in [0.3, 0.4) is 0 Å². The first kappa shape index (κ1) is 22.1. The average molecular weight is 475 g/mol. The van der Waals surface area contributed by atoms with E-state index < -0.39 is 14.9 Å². The number of rotatable bonds is 7. The molecular weight excluding hydrogens is 456 g/mol. The molecule has 166 valence electrons. The molecule has 0 saturated heterocycles. The number of benzene rings is 3. The number of fused-ring (bicyclic) bond motifs is 1. The zero-order valence-corrected chi connectivity index (χ0v) is 18.4. The third-order valence-electron chi connectivity index (χ3n) is 4.96. The Morgan fingerprint density at radius 1 is 0.938 bits per heavy atom. The predicted molar refractivity (Wildman–Crippen MR) is 118 cm³/mol. The molecule has 0 saturated carbocycles. The molecule has 4 rings (SSSR count). The summed E-state index contributed by atoms with van der Waals surface area (Å²) in [6, 6.07) is 17.2. The van der Waals surface area contributed by atoms with Crippen LogP contribution in [-0.4, -0.2) is 30.9 Å². The van der Waals surface area contributed by atoms with E-state index in [2.05, 4.69) is 0 Å². The number of nitro groups is 1. The highest BCUT2D eigenvalue weighted by molar-refractivity contribution is 7.89. The summed E-state index contributed by atoms with van der Waals surface area (Å²) in [4.78, 5) is 10.5. The monoisotopic (exact) mass is 474 g/mol. The molecule has 3 aromatic rings. The molecule has 10 heteroatoms. The van der Waals surface area contributed by atoms with Crippen LogP contribution in [0.5, 0.6) is 11.5 Å². The quantitative estimate of drug-likeness (QED) is 0.371. The van der Waals surface area contributed by atoms with Crippen molar-refractivity contribution in [2.75, 3.05) is 13.2 Å². The summed E-state index contributed by atoms with van der Waals surface area (Å²) in [5.74, 6) is 0.855. The van der Waals surface area contributed by atoms with Crippen LogP contribution in [0.15, 0.2) is 71.6 Å². The summed E-state index contributed by atoms with van der Waals surface area (Å²) in [7, 11) is -3.97. The number of non-ortho nitro benzene ring substituents is 1. The van der Waals surface area contributed by atoms with Gasteiger partial charge < -0.3 is 9.47 Å². The maximum absolute atomic E-state index is 13.6. The normalized spacial score (nSPS) is 13.2. The van der Waals surface area contributed by atoms with Crippen LogP contribution in [0, 0.1) is 10.1 Å². The molecular formula is C22H19ClN2O6S. The molecule has 8 nitrogen and oxygen atoms in total. The Morgan fingerprint density at radius 2 is 1.62 bits per heavy atom. The van der Waals surface area contributed by atoms with Gasteiger partial charge in [-0.05, 0) is 29.3 Å². The number of nitrogens with zero attached hydrogens (tertiary/aromatic N) is 2. The first-order chi connectivity index (χ1) is 15.3. The standard InChI is InChI=1S/C22H19ClN2O6S/c23-20-4-2-1-3-17(20)15-24(14-16-5-7-18(8-6-16)25(26)27)32(28,29)19-9-10-21-22(13-19)31-12-11-30-21/h1-10,13H,11-12,14-15H2. The third kappa shape index (κ3) is 4.69. The van der Waals surface area contributed by atoms with Crippen LogP contribution in [0.1, 0.15) is 11.1 Å². The minimum Gasteiger partial charge on any atom is -0.486 e. The van der Waals surface area contributed by atoms with Crippen molar-refractivity contribution >= 4 is 27.3 Å². The fourth-order valence-corrected chi connectivity index (χ4v) is 4.92.